The van der Waals surface area contributed by atoms with Crippen molar-refractivity contribution >= 4 is 23.4 Å². The maximum Gasteiger partial charge on any atom is 0.247 e. The summed E-state index contributed by atoms with van der Waals surface area (Å²) in [5.41, 5.74) is 1.56. The van der Waals surface area contributed by atoms with E-state index in [1.54, 1.807) is 38.4 Å². The number of amides is 2. The van der Waals surface area contributed by atoms with E-state index in [-0.39, 0.29) is 36.4 Å². The molecule has 1 aliphatic carbocycles. The first kappa shape index (κ1) is 31.4. The van der Waals surface area contributed by atoms with E-state index < -0.39 is 6.04 Å². The molecule has 0 unspecified atom stereocenters. The van der Waals surface area contributed by atoms with Gasteiger partial charge in [0.05, 0.1) is 27.4 Å². The Hall–Kier alpha value is -3.13. The molecule has 0 saturated heterocycles. The van der Waals surface area contributed by atoms with Gasteiger partial charge in [-0.2, -0.15) is 0 Å². The Bertz CT molecular complexity index is 1130. The lowest BCUT2D eigenvalue weighted by Crippen LogP contribution is -2.48. The molecule has 2 aromatic rings. The number of alkyl halides is 1. The zero-order chi connectivity index (χ0) is 29.2. The standard InChI is InChI=1S/C31H43ClN2O6/c1-20(2)40-26-14-10-23(18-28(26)39-6)30(31(36)33-24-11-7-21(3)8-12-24)34(29(35)19-32)16-15-22-9-13-25(37-4)27(17-22)38-5/h9-10,13-14,17-18,20-21,24,30H,7-8,11-12,15-16,19H2,1-6H3,(H,33,36)/t21?,24?,30-/m1/s1. The summed E-state index contributed by atoms with van der Waals surface area (Å²) in [6, 6.07) is 10.2. The van der Waals surface area contributed by atoms with Crippen LogP contribution >= 0.6 is 11.6 Å². The number of halogens is 1. The molecule has 0 aromatic heterocycles. The van der Waals surface area contributed by atoms with E-state index in [1.165, 1.54) is 0 Å². The summed E-state index contributed by atoms with van der Waals surface area (Å²) >= 11 is 6.10. The molecule has 0 heterocycles. The van der Waals surface area contributed by atoms with Crippen molar-refractivity contribution in [2.75, 3.05) is 33.8 Å². The fraction of sp³-hybridized carbons (Fsp3) is 0.548. The normalized spacial score (nSPS) is 17.6. The Balaban J connectivity index is 1.97. The van der Waals surface area contributed by atoms with Crippen LogP contribution in [-0.2, 0) is 16.0 Å². The second-order valence-electron chi connectivity index (χ2n) is 10.6. The molecule has 0 aliphatic heterocycles. The first-order chi connectivity index (χ1) is 19.2. The molecular formula is C31H43ClN2O6. The molecule has 0 radical (unpaired) electrons. The SMILES string of the molecule is COc1ccc(CCN(C(=O)CCl)[C@@H](C(=O)NC2CCC(C)CC2)c2ccc(OC(C)C)c(OC)c2)cc1OC. The molecule has 1 fully saturated rings. The maximum absolute atomic E-state index is 14.0. The molecule has 1 aliphatic rings. The van der Waals surface area contributed by atoms with Crippen LogP contribution in [0.2, 0.25) is 0 Å². The minimum absolute atomic E-state index is 0.0525. The smallest absolute Gasteiger partial charge is 0.247 e. The summed E-state index contributed by atoms with van der Waals surface area (Å²) in [6.07, 6.45) is 4.39. The summed E-state index contributed by atoms with van der Waals surface area (Å²) in [4.78, 5) is 28.8. The Morgan fingerprint density at radius 2 is 1.55 bits per heavy atom. The summed E-state index contributed by atoms with van der Waals surface area (Å²) in [5.74, 6) is 2.12. The van der Waals surface area contributed by atoms with Crippen molar-refractivity contribution in [3.05, 3.63) is 47.5 Å². The van der Waals surface area contributed by atoms with Gasteiger partial charge in [0.1, 0.15) is 11.9 Å². The molecule has 220 valence electrons. The minimum atomic E-state index is -0.896. The fourth-order valence-electron chi connectivity index (χ4n) is 5.12. The topological polar surface area (TPSA) is 86.3 Å². The van der Waals surface area contributed by atoms with Gasteiger partial charge < -0.3 is 29.2 Å². The number of methoxy groups -OCH3 is 3. The summed E-state index contributed by atoms with van der Waals surface area (Å²) < 4.78 is 22.3. The lowest BCUT2D eigenvalue weighted by molar-refractivity contribution is -0.139. The van der Waals surface area contributed by atoms with Gasteiger partial charge in [-0.1, -0.05) is 19.1 Å². The van der Waals surface area contributed by atoms with Crippen LogP contribution in [0.5, 0.6) is 23.0 Å². The second-order valence-corrected chi connectivity index (χ2v) is 10.9. The Morgan fingerprint density at radius 1 is 0.925 bits per heavy atom. The van der Waals surface area contributed by atoms with Crippen LogP contribution in [0.25, 0.3) is 0 Å². The molecule has 1 atom stereocenters. The molecule has 3 rings (SSSR count). The van der Waals surface area contributed by atoms with Gasteiger partial charge in [0.2, 0.25) is 11.8 Å². The highest BCUT2D eigenvalue weighted by molar-refractivity contribution is 6.27. The van der Waals surface area contributed by atoms with Gasteiger partial charge in [-0.3, -0.25) is 9.59 Å². The van der Waals surface area contributed by atoms with E-state index in [4.69, 9.17) is 30.5 Å². The largest absolute Gasteiger partial charge is 0.493 e. The number of nitrogens with zero attached hydrogens (tertiary/aromatic N) is 1. The zero-order valence-corrected chi connectivity index (χ0v) is 25.3. The van der Waals surface area contributed by atoms with Crippen molar-refractivity contribution < 1.29 is 28.5 Å². The number of ether oxygens (including phenoxy) is 4. The van der Waals surface area contributed by atoms with Crippen LogP contribution in [0, 0.1) is 5.92 Å². The molecule has 8 nitrogen and oxygen atoms in total. The molecule has 0 bridgehead atoms. The number of nitrogens with one attached hydrogen (secondary N) is 1. The quantitative estimate of drug-likeness (QED) is 0.316. The third kappa shape index (κ3) is 8.19. The predicted octanol–water partition coefficient (Wildman–Crippen LogP) is 5.55. The van der Waals surface area contributed by atoms with Crippen LogP contribution in [-0.4, -0.2) is 62.6 Å². The number of rotatable bonds is 13. The highest BCUT2D eigenvalue weighted by atomic mass is 35.5. The van der Waals surface area contributed by atoms with Crippen molar-refractivity contribution in [2.45, 2.75) is 71.1 Å². The molecule has 2 amide bonds. The number of hydrogen-bond acceptors (Lipinski definition) is 6. The van der Waals surface area contributed by atoms with Gasteiger partial charge in [0.25, 0.3) is 0 Å². The lowest BCUT2D eigenvalue weighted by Gasteiger charge is -2.34. The van der Waals surface area contributed by atoms with Crippen molar-refractivity contribution in [1.82, 2.24) is 10.2 Å². The van der Waals surface area contributed by atoms with Crippen LogP contribution in [0.15, 0.2) is 36.4 Å². The molecule has 1 saturated carbocycles. The third-order valence-corrected chi connectivity index (χ3v) is 7.54. The van der Waals surface area contributed by atoms with Gasteiger partial charge in [0, 0.05) is 12.6 Å². The van der Waals surface area contributed by atoms with Gasteiger partial charge in [0.15, 0.2) is 23.0 Å². The van der Waals surface area contributed by atoms with Crippen molar-refractivity contribution in [3.8, 4) is 23.0 Å². The van der Waals surface area contributed by atoms with Gasteiger partial charge in [-0.15, -0.1) is 11.6 Å². The monoisotopic (exact) mass is 574 g/mol. The number of benzene rings is 2. The van der Waals surface area contributed by atoms with E-state index in [2.05, 4.69) is 12.2 Å². The highest BCUT2D eigenvalue weighted by Crippen LogP contribution is 2.34. The van der Waals surface area contributed by atoms with Crippen LogP contribution in [0.3, 0.4) is 0 Å². The van der Waals surface area contributed by atoms with Crippen LogP contribution in [0.4, 0.5) is 0 Å². The van der Waals surface area contributed by atoms with Gasteiger partial charge in [-0.25, -0.2) is 0 Å². The Labute approximate surface area is 243 Å². The molecule has 0 spiro atoms. The Morgan fingerprint density at radius 3 is 2.15 bits per heavy atom. The maximum atomic E-state index is 14.0. The van der Waals surface area contributed by atoms with Crippen molar-refractivity contribution in [1.29, 1.82) is 0 Å². The average Bonchev–Trinajstić information content (AvgIpc) is 2.95. The highest BCUT2D eigenvalue weighted by Gasteiger charge is 2.33. The van der Waals surface area contributed by atoms with E-state index in [0.717, 1.165) is 31.2 Å². The molecule has 1 N–H and O–H groups in total. The average molecular weight is 575 g/mol. The van der Waals surface area contributed by atoms with Gasteiger partial charge in [-0.05, 0) is 87.3 Å². The molecular weight excluding hydrogens is 532 g/mol. The van der Waals surface area contributed by atoms with E-state index in [0.29, 0.717) is 40.9 Å². The number of carbonyl (C=O) groups is 2. The Kier molecular flexibility index (Phi) is 11.8. The summed E-state index contributed by atoms with van der Waals surface area (Å²) in [6.45, 7) is 6.38. The van der Waals surface area contributed by atoms with Crippen molar-refractivity contribution in [3.63, 3.8) is 0 Å². The fourth-order valence-corrected chi connectivity index (χ4v) is 5.28. The van der Waals surface area contributed by atoms with Crippen LogP contribution in [0.1, 0.15) is 63.6 Å². The number of hydrogen-bond donors (Lipinski definition) is 1. The summed E-state index contributed by atoms with van der Waals surface area (Å²) in [7, 11) is 4.72. The van der Waals surface area contributed by atoms with Crippen LogP contribution < -0.4 is 24.3 Å². The molecule has 2 aromatic carbocycles. The lowest BCUT2D eigenvalue weighted by atomic mass is 9.87. The molecule has 9 heteroatoms. The zero-order valence-electron chi connectivity index (χ0n) is 24.5. The van der Waals surface area contributed by atoms with Gasteiger partial charge >= 0.3 is 0 Å². The van der Waals surface area contributed by atoms with E-state index in [9.17, 15) is 9.59 Å². The second kappa shape index (κ2) is 15.0. The van der Waals surface area contributed by atoms with E-state index >= 15 is 0 Å². The predicted molar refractivity (Wildman–Crippen MR) is 157 cm³/mol. The first-order valence-electron chi connectivity index (χ1n) is 13.9. The van der Waals surface area contributed by atoms with Crippen molar-refractivity contribution in [2.24, 2.45) is 5.92 Å². The summed E-state index contributed by atoms with van der Waals surface area (Å²) in [5, 5.41) is 3.23. The third-order valence-electron chi connectivity index (χ3n) is 7.31. The number of carbonyl (C=O) groups excluding carboxylic acids is 2. The van der Waals surface area contributed by atoms with E-state index in [1.807, 2.05) is 38.1 Å². The first-order valence-corrected chi connectivity index (χ1v) is 14.4. The minimum Gasteiger partial charge on any atom is -0.493 e. The molecule has 40 heavy (non-hydrogen) atoms.